The summed E-state index contributed by atoms with van der Waals surface area (Å²) in [6, 6.07) is 8.27. The number of aromatic nitrogens is 1. The van der Waals surface area contributed by atoms with E-state index in [-0.39, 0.29) is 16.5 Å². The third-order valence-corrected chi connectivity index (χ3v) is 2.96. The van der Waals surface area contributed by atoms with Crippen molar-refractivity contribution in [1.29, 1.82) is 0 Å². The second-order valence-electron chi connectivity index (χ2n) is 4.14. The van der Waals surface area contributed by atoms with Crippen LogP contribution >= 0.6 is 11.6 Å². The van der Waals surface area contributed by atoms with E-state index in [2.05, 4.69) is 10.3 Å². The Balaban J connectivity index is 2.36. The molecule has 0 aliphatic carbocycles. The van der Waals surface area contributed by atoms with Crippen LogP contribution < -0.4 is 10.1 Å². The first-order chi connectivity index (χ1) is 9.51. The molecule has 0 aliphatic rings. The number of anilines is 2. The van der Waals surface area contributed by atoms with Crippen LogP contribution in [0, 0.1) is 6.92 Å². The zero-order chi connectivity index (χ0) is 14.7. The summed E-state index contributed by atoms with van der Waals surface area (Å²) in [4.78, 5) is 15.2. The highest BCUT2D eigenvalue weighted by Crippen LogP contribution is 2.25. The first-order valence-electron chi connectivity index (χ1n) is 5.83. The minimum atomic E-state index is -1.07. The molecule has 6 heteroatoms. The summed E-state index contributed by atoms with van der Waals surface area (Å²) < 4.78 is 5.17. The fraction of sp³-hybridized carbons (Fsp3) is 0.143. The summed E-state index contributed by atoms with van der Waals surface area (Å²) in [6.07, 6.45) is 0. The molecule has 0 amide bonds. The standard InChI is InChI=1S/C14H13ClN2O3/c1-8-7-9(3-5-11(8)20-2)16-13-10(14(18)19)4-6-12(15)17-13/h3-7H,1-2H3,(H,16,17)(H,18,19). The van der Waals surface area contributed by atoms with Crippen molar-refractivity contribution >= 4 is 29.1 Å². The van der Waals surface area contributed by atoms with E-state index in [0.717, 1.165) is 11.3 Å². The number of benzene rings is 1. The van der Waals surface area contributed by atoms with E-state index in [9.17, 15) is 4.79 Å². The van der Waals surface area contributed by atoms with Gasteiger partial charge in [0.05, 0.1) is 7.11 Å². The van der Waals surface area contributed by atoms with Crippen LogP contribution in [0.15, 0.2) is 30.3 Å². The van der Waals surface area contributed by atoms with Crippen molar-refractivity contribution in [3.8, 4) is 5.75 Å². The maximum atomic E-state index is 11.1. The minimum Gasteiger partial charge on any atom is -0.496 e. The van der Waals surface area contributed by atoms with Gasteiger partial charge >= 0.3 is 5.97 Å². The SMILES string of the molecule is COc1ccc(Nc2nc(Cl)ccc2C(=O)O)cc1C. The van der Waals surface area contributed by atoms with Gasteiger partial charge in [-0.05, 0) is 42.8 Å². The monoisotopic (exact) mass is 292 g/mol. The molecule has 2 rings (SSSR count). The van der Waals surface area contributed by atoms with Crippen LogP contribution in [0.5, 0.6) is 5.75 Å². The number of rotatable bonds is 4. The van der Waals surface area contributed by atoms with Gasteiger partial charge in [-0.3, -0.25) is 0 Å². The molecule has 2 aromatic rings. The summed E-state index contributed by atoms with van der Waals surface area (Å²) in [5, 5.41) is 12.3. The molecule has 104 valence electrons. The van der Waals surface area contributed by atoms with Gasteiger partial charge in [-0.15, -0.1) is 0 Å². The Morgan fingerprint density at radius 2 is 2.10 bits per heavy atom. The largest absolute Gasteiger partial charge is 0.496 e. The third kappa shape index (κ3) is 3.00. The second kappa shape index (κ2) is 5.79. The summed E-state index contributed by atoms with van der Waals surface area (Å²) >= 11 is 5.80. The van der Waals surface area contributed by atoms with Crippen molar-refractivity contribution in [3.05, 3.63) is 46.6 Å². The van der Waals surface area contributed by atoms with Crippen molar-refractivity contribution in [2.75, 3.05) is 12.4 Å². The van der Waals surface area contributed by atoms with Crippen LogP contribution in [0.25, 0.3) is 0 Å². The van der Waals surface area contributed by atoms with Crippen molar-refractivity contribution < 1.29 is 14.6 Å². The predicted octanol–water partition coefficient (Wildman–Crippen LogP) is 3.49. The number of carboxylic acids is 1. The Hall–Kier alpha value is -2.27. The topological polar surface area (TPSA) is 71.5 Å². The number of methoxy groups -OCH3 is 1. The molecule has 2 N–H and O–H groups in total. The van der Waals surface area contributed by atoms with Crippen LogP contribution in [0.2, 0.25) is 5.15 Å². The molecular weight excluding hydrogens is 280 g/mol. The summed E-state index contributed by atoms with van der Waals surface area (Å²) in [5.74, 6) is -0.107. The highest BCUT2D eigenvalue weighted by molar-refractivity contribution is 6.29. The summed E-state index contributed by atoms with van der Waals surface area (Å²) in [6.45, 7) is 1.90. The Kier molecular flexibility index (Phi) is 4.10. The van der Waals surface area contributed by atoms with Crippen molar-refractivity contribution in [2.24, 2.45) is 0 Å². The zero-order valence-corrected chi connectivity index (χ0v) is 11.7. The van der Waals surface area contributed by atoms with Crippen LogP contribution in [0.1, 0.15) is 15.9 Å². The van der Waals surface area contributed by atoms with E-state index in [1.165, 1.54) is 12.1 Å². The number of hydrogen-bond acceptors (Lipinski definition) is 4. The maximum absolute atomic E-state index is 11.1. The summed E-state index contributed by atoms with van der Waals surface area (Å²) in [5.41, 5.74) is 1.69. The first kappa shape index (κ1) is 14.1. The van der Waals surface area contributed by atoms with Gasteiger partial charge in [0.1, 0.15) is 22.3 Å². The number of aryl methyl sites for hydroxylation is 1. The fourth-order valence-corrected chi connectivity index (χ4v) is 1.94. The van der Waals surface area contributed by atoms with Crippen LogP contribution in [-0.4, -0.2) is 23.2 Å². The van der Waals surface area contributed by atoms with Crippen molar-refractivity contribution in [2.45, 2.75) is 6.92 Å². The van der Waals surface area contributed by atoms with E-state index in [4.69, 9.17) is 21.4 Å². The van der Waals surface area contributed by atoms with Gasteiger partial charge in [-0.25, -0.2) is 9.78 Å². The molecule has 5 nitrogen and oxygen atoms in total. The highest BCUT2D eigenvalue weighted by Gasteiger charge is 2.12. The van der Waals surface area contributed by atoms with Gasteiger partial charge in [0, 0.05) is 5.69 Å². The Bertz CT molecular complexity index is 659. The van der Waals surface area contributed by atoms with Crippen LogP contribution in [-0.2, 0) is 0 Å². The molecule has 0 spiro atoms. The number of halogens is 1. The van der Waals surface area contributed by atoms with Crippen molar-refractivity contribution in [1.82, 2.24) is 4.98 Å². The number of nitrogens with one attached hydrogen (secondary N) is 1. The molecule has 0 atom stereocenters. The molecule has 1 aromatic heterocycles. The average Bonchev–Trinajstić information content (AvgIpc) is 2.38. The number of pyridine rings is 1. The normalized spacial score (nSPS) is 10.2. The molecule has 20 heavy (non-hydrogen) atoms. The van der Waals surface area contributed by atoms with E-state index in [0.29, 0.717) is 5.69 Å². The lowest BCUT2D eigenvalue weighted by atomic mass is 10.2. The molecule has 0 saturated carbocycles. The lowest BCUT2D eigenvalue weighted by Crippen LogP contribution is -2.05. The zero-order valence-electron chi connectivity index (χ0n) is 11.0. The van der Waals surface area contributed by atoms with Gasteiger partial charge in [0.25, 0.3) is 0 Å². The third-order valence-electron chi connectivity index (χ3n) is 2.75. The smallest absolute Gasteiger partial charge is 0.339 e. The molecular formula is C14H13ClN2O3. The highest BCUT2D eigenvalue weighted by atomic mass is 35.5. The number of carboxylic acid groups (broad SMARTS) is 1. The number of carbonyl (C=O) groups is 1. The molecule has 1 aromatic carbocycles. The van der Waals surface area contributed by atoms with E-state index in [1.54, 1.807) is 19.2 Å². The number of nitrogens with zero attached hydrogens (tertiary/aromatic N) is 1. The van der Waals surface area contributed by atoms with Crippen LogP contribution in [0.4, 0.5) is 11.5 Å². The molecule has 0 unspecified atom stereocenters. The lowest BCUT2D eigenvalue weighted by molar-refractivity contribution is 0.0697. The number of aromatic carboxylic acids is 1. The first-order valence-corrected chi connectivity index (χ1v) is 6.20. The molecule has 0 aliphatic heterocycles. The maximum Gasteiger partial charge on any atom is 0.339 e. The molecule has 0 radical (unpaired) electrons. The minimum absolute atomic E-state index is 0.0582. The van der Waals surface area contributed by atoms with E-state index < -0.39 is 5.97 Å². The van der Waals surface area contributed by atoms with Gasteiger partial charge in [0.15, 0.2) is 0 Å². The quantitative estimate of drug-likeness (QED) is 0.844. The van der Waals surface area contributed by atoms with E-state index in [1.807, 2.05) is 13.0 Å². The van der Waals surface area contributed by atoms with E-state index >= 15 is 0 Å². The van der Waals surface area contributed by atoms with Gasteiger partial charge in [0.2, 0.25) is 0 Å². The predicted molar refractivity (Wildman–Crippen MR) is 77.2 cm³/mol. The van der Waals surface area contributed by atoms with Gasteiger partial charge < -0.3 is 15.2 Å². The Morgan fingerprint density at radius 1 is 1.35 bits per heavy atom. The van der Waals surface area contributed by atoms with Crippen molar-refractivity contribution in [3.63, 3.8) is 0 Å². The summed E-state index contributed by atoms with van der Waals surface area (Å²) in [7, 11) is 1.59. The van der Waals surface area contributed by atoms with Gasteiger partial charge in [-0.2, -0.15) is 0 Å². The molecule has 0 bridgehead atoms. The average molecular weight is 293 g/mol. The molecule has 1 heterocycles. The number of ether oxygens (including phenoxy) is 1. The Morgan fingerprint density at radius 3 is 2.70 bits per heavy atom. The van der Waals surface area contributed by atoms with Gasteiger partial charge in [-0.1, -0.05) is 11.6 Å². The lowest BCUT2D eigenvalue weighted by Gasteiger charge is -2.11. The van der Waals surface area contributed by atoms with Crippen LogP contribution in [0.3, 0.4) is 0 Å². The number of hydrogen-bond donors (Lipinski definition) is 2. The molecule has 0 fully saturated rings. The second-order valence-corrected chi connectivity index (χ2v) is 4.53. The molecule has 0 saturated heterocycles. The fourth-order valence-electron chi connectivity index (χ4n) is 1.80. The Labute approximate surface area is 121 Å².